The second kappa shape index (κ2) is 7.10. The molecule has 3 aliphatic heterocycles. The van der Waals surface area contributed by atoms with Crippen LogP contribution in [0.1, 0.15) is 56.2 Å². The first-order valence-electron chi connectivity index (χ1n) is 14.0. The van der Waals surface area contributed by atoms with Gasteiger partial charge in [-0.25, -0.2) is 0 Å². The number of hydrogen-bond donors (Lipinski definition) is 0. The lowest BCUT2D eigenvalue weighted by Crippen LogP contribution is -2.64. The molecule has 3 heteroatoms. The van der Waals surface area contributed by atoms with E-state index in [9.17, 15) is 0 Å². The number of fused-ring (bicyclic) bond motifs is 7. The normalized spacial score (nSPS) is 24.4. The van der Waals surface area contributed by atoms with Crippen molar-refractivity contribution in [3.8, 4) is 0 Å². The van der Waals surface area contributed by atoms with E-state index in [0.29, 0.717) is 0 Å². The zero-order valence-electron chi connectivity index (χ0n) is 22.3. The summed E-state index contributed by atoms with van der Waals surface area (Å²) >= 11 is 0. The number of hydrogen-bond acceptors (Lipinski definition) is 2. The van der Waals surface area contributed by atoms with Crippen molar-refractivity contribution in [2.75, 3.05) is 9.80 Å². The first-order chi connectivity index (χ1) is 17.9. The molecule has 0 radical (unpaired) electrons. The number of nitrogens with zero attached hydrogens (tertiary/aromatic N) is 2. The van der Waals surface area contributed by atoms with Gasteiger partial charge < -0.3 is 9.80 Å². The Kier molecular flexibility index (Phi) is 4.15. The summed E-state index contributed by atoms with van der Waals surface area (Å²) in [5, 5.41) is 0. The number of rotatable bonds is 1. The van der Waals surface area contributed by atoms with Gasteiger partial charge in [-0.1, -0.05) is 68.3 Å². The van der Waals surface area contributed by atoms with Crippen LogP contribution in [0.25, 0.3) is 0 Å². The Hall–Kier alpha value is -3.46. The fraction of sp³-hybridized carbons (Fsp3) is 0.294. The molecule has 0 aromatic heterocycles. The number of para-hydroxylation sites is 1. The molecule has 182 valence electrons. The minimum Gasteiger partial charge on any atom is -0.335 e. The average molecular weight is 480 g/mol. The van der Waals surface area contributed by atoms with Crippen molar-refractivity contribution < 1.29 is 0 Å². The summed E-state index contributed by atoms with van der Waals surface area (Å²) in [6.45, 7) is 9.76. The maximum Gasteiger partial charge on any atom is 0.252 e. The van der Waals surface area contributed by atoms with Gasteiger partial charge in [0.25, 0.3) is 6.71 Å². The molecule has 2 nitrogen and oxygen atoms in total. The Bertz CT molecular complexity index is 1620. The van der Waals surface area contributed by atoms with Gasteiger partial charge in [-0.15, -0.1) is 0 Å². The molecule has 8 rings (SSSR count). The fourth-order valence-electron chi connectivity index (χ4n) is 8.37. The standard InChI is InChI=1S/C34H33BN2/c1-22-10-7-11-24(20-22)36-28-14-9-15-29-31(28)35(26-17-16-23(2)21-30(26)36)27-13-8-12-25-32(27)37(29)34(4)19-6-5-18-33(25,34)3/h7-17,20-21H,5-6,18-19H2,1-4H3. The van der Waals surface area contributed by atoms with Crippen LogP contribution in [0, 0.1) is 13.8 Å². The van der Waals surface area contributed by atoms with Gasteiger partial charge in [-0.2, -0.15) is 0 Å². The Morgan fingerprint density at radius 3 is 2.32 bits per heavy atom. The van der Waals surface area contributed by atoms with Gasteiger partial charge in [0.2, 0.25) is 0 Å². The highest BCUT2D eigenvalue weighted by Gasteiger charge is 2.61. The number of benzene rings is 4. The van der Waals surface area contributed by atoms with Crippen LogP contribution in [0.3, 0.4) is 0 Å². The van der Waals surface area contributed by atoms with Crippen molar-refractivity contribution in [1.82, 2.24) is 0 Å². The third-order valence-electron chi connectivity index (χ3n) is 10.3. The quantitative estimate of drug-likeness (QED) is 0.248. The maximum atomic E-state index is 2.79. The van der Waals surface area contributed by atoms with Crippen LogP contribution in [-0.4, -0.2) is 12.3 Å². The van der Waals surface area contributed by atoms with Crippen molar-refractivity contribution in [3.63, 3.8) is 0 Å². The van der Waals surface area contributed by atoms with Crippen molar-refractivity contribution in [2.24, 2.45) is 0 Å². The lowest BCUT2D eigenvalue weighted by Gasteiger charge is -2.52. The monoisotopic (exact) mass is 480 g/mol. The minimum atomic E-state index is 0.0888. The highest BCUT2D eigenvalue weighted by molar-refractivity contribution is 7.00. The molecule has 4 aliphatic rings. The molecule has 4 aromatic rings. The van der Waals surface area contributed by atoms with Crippen LogP contribution in [0.4, 0.5) is 28.4 Å². The molecule has 0 spiro atoms. The van der Waals surface area contributed by atoms with Crippen molar-refractivity contribution in [2.45, 2.75) is 64.3 Å². The predicted molar refractivity (Wildman–Crippen MR) is 158 cm³/mol. The molecule has 0 bridgehead atoms. The molecule has 2 atom stereocenters. The lowest BCUT2D eigenvalue weighted by atomic mass is 9.33. The minimum absolute atomic E-state index is 0.0888. The van der Waals surface area contributed by atoms with Crippen LogP contribution < -0.4 is 26.2 Å². The maximum absolute atomic E-state index is 2.79. The molecule has 0 N–H and O–H groups in total. The summed E-state index contributed by atoms with van der Waals surface area (Å²) in [4.78, 5) is 5.32. The van der Waals surface area contributed by atoms with Crippen LogP contribution >= 0.6 is 0 Å². The largest absolute Gasteiger partial charge is 0.335 e. The van der Waals surface area contributed by atoms with E-state index in [1.54, 1.807) is 5.56 Å². The lowest BCUT2D eigenvalue weighted by molar-refractivity contribution is 0.195. The van der Waals surface area contributed by atoms with Crippen LogP contribution in [-0.2, 0) is 5.41 Å². The van der Waals surface area contributed by atoms with E-state index < -0.39 is 0 Å². The average Bonchev–Trinajstić information content (AvgIpc) is 3.11. The molecule has 1 saturated carbocycles. The smallest absolute Gasteiger partial charge is 0.252 e. The van der Waals surface area contributed by atoms with Gasteiger partial charge >= 0.3 is 0 Å². The Morgan fingerprint density at radius 2 is 1.46 bits per heavy atom. The molecule has 1 aliphatic carbocycles. The van der Waals surface area contributed by atoms with E-state index in [2.05, 4.69) is 116 Å². The third kappa shape index (κ3) is 2.53. The first-order valence-corrected chi connectivity index (χ1v) is 14.0. The van der Waals surface area contributed by atoms with Gasteiger partial charge in [0, 0.05) is 33.9 Å². The zero-order valence-corrected chi connectivity index (χ0v) is 22.3. The fourth-order valence-corrected chi connectivity index (χ4v) is 8.37. The SMILES string of the molecule is Cc1cccc(N2c3cc(C)ccc3B3c4cccc5c4N(c4cccc2c43)C2(C)CCCCC52C)c1. The summed E-state index contributed by atoms with van der Waals surface area (Å²) < 4.78 is 0. The molecule has 2 unspecified atom stereocenters. The molecule has 4 aromatic carbocycles. The predicted octanol–water partition coefficient (Wildman–Crippen LogP) is 6.66. The summed E-state index contributed by atoms with van der Waals surface area (Å²) in [6, 6.07) is 30.3. The molecule has 3 heterocycles. The van der Waals surface area contributed by atoms with E-state index >= 15 is 0 Å². The topological polar surface area (TPSA) is 6.48 Å². The van der Waals surface area contributed by atoms with Gasteiger partial charge in [0.1, 0.15) is 0 Å². The zero-order chi connectivity index (χ0) is 25.1. The van der Waals surface area contributed by atoms with Crippen LogP contribution in [0.5, 0.6) is 0 Å². The van der Waals surface area contributed by atoms with E-state index in [0.717, 1.165) is 0 Å². The van der Waals surface area contributed by atoms with Crippen molar-refractivity contribution in [3.05, 3.63) is 95.6 Å². The molecule has 0 saturated heterocycles. The second-order valence-electron chi connectivity index (χ2n) is 12.3. The second-order valence-corrected chi connectivity index (χ2v) is 12.3. The van der Waals surface area contributed by atoms with Gasteiger partial charge in [0.05, 0.1) is 5.54 Å². The van der Waals surface area contributed by atoms with Crippen molar-refractivity contribution in [1.29, 1.82) is 0 Å². The van der Waals surface area contributed by atoms with E-state index in [1.165, 1.54) is 81.6 Å². The Balaban J connectivity index is 1.49. The molecule has 37 heavy (non-hydrogen) atoms. The van der Waals surface area contributed by atoms with E-state index in [-0.39, 0.29) is 17.7 Å². The molecular formula is C34H33BN2. The molecule has 1 fully saturated rings. The summed E-state index contributed by atoms with van der Waals surface area (Å²) in [6.07, 6.45) is 5.13. The Labute approximate surface area is 221 Å². The molecular weight excluding hydrogens is 447 g/mol. The number of aryl methyl sites for hydroxylation is 2. The van der Waals surface area contributed by atoms with Gasteiger partial charge in [-0.3, -0.25) is 0 Å². The van der Waals surface area contributed by atoms with Crippen LogP contribution in [0.2, 0.25) is 0 Å². The highest BCUT2D eigenvalue weighted by Crippen LogP contribution is 2.61. The van der Waals surface area contributed by atoms with E-state index in [1.807, 2.05) is 0 Å². The van der Waals surface area contributed by atoms with Gasteiger partial charge in [-0.05, 0) is 97.0 Å². The van der Waals surface area contributed by atoms with Gasteiger partial charge in [0.15, 0.2) is 0 Å². The number of anilines is 5. The summed E-state index contributed by atoms with van der Waals surface area (Å²) in [5.41, 5.74) is 15.6. The summed E-state index contributed by atoms with van der Waals surface area (Å²) in [7, 11) is 0. The first kappa shape index (κ1) is 21.6. The molecule has 0 amide bonds. The highest BCUT2D eigenvalue weighted by atomic mass is 15.3. The Morgan fingerprint density at radius 1 is 0.703 bits per heavy atom. The van der Waals surface area contributed by atoms with E-state index in [4.69, 9.17) is 0 Å². The van der Waals surface area contributed by atoms with Crippen molar-refractivity contribution >= 4 is 51.5 Å². The van der Waals surface area contributed by atoms with Crippen LogP contribution in [0.15, 0.2) is 78.9 Å². The third-order valence-corrected chi connectivity index (χ3v) is 10.3. The summed E-state index contributed by atoms with van der Waals surface area (Å²) in [5.74, 6) is 0.